The lowest BCUT2D eigenvalue weighted by atomic mass is 10.2. The Morgan fingerprint density at radius 3 is 2.97 bits per heavy atom. The number of nitrogens with zero attached hydrogens (tertiary/aromatic N) is 4. The fraction of sp³-hybridized carbons (Fsp3) is 0.350. The van der Waals surface area contributed by atoms with Gasteiger partial charge in [-0.1, -0.05) is 0 Å². The van der Waals surface area contributed by atoms with Crippen molar-refractivity contribution in [1.82, 2.24) is 14.6 Å². The van der Waals surface area contributed by atoms with Crippen LogP contribution >= 0.6 is 0 Å². The van der Waals surface area contributed by atoms with Gasteiger partial charge < -0.3 is 20.1 Å². The van der Waals surface area contributed by atoms with Gasteiger partial charge in [0, 0.05) is 31.8 Å². The summed E-state index contributed by atoms with van der Waals surface area (Å²) >= 11 is 0. The minimum absolute atomic E-state index is 0.254. The predicted molar refractivity (Wildman–Crippen MR) is 107 cm³/mol. The number of ether oxygens (including phenoxy) is 2. The van der Waals surface area contributed by atoms with Crippen LogP contribution in [0.1, 0.15) is 25.3 Å². The summed E-state index contributed by atoms with van der Waals surface area (Å²) < 4.78 is 26.1. The molecule has 8 nitrogen and oxygen atoms in total. The Morgan fingerprint density at radius 1 is 1.34 bits per heavy atom. The van der Waals surface area contributed by atoms with Gasteiger partial charge in [-0.25, -0.2) is 13.9 Å². The molecular weight excluding hydrogens is 377 g/mol. The van der Waals surface area contributed by atoms with Crippen LogP contribution in [0.3, 0.4) is 0 Å². The molecule has 9 heteroatoms. The number of esters is 1. The van der Waals surface area contributed by atoms with E-state index in [0.717, 1.165) is 0 Å². The van der Waals surface area contributed by atoms with Gasteiger partial charge in [-0.3, -0.25) is 4.79 Å². The second-order valence-electron chi connectivity index (χ2n) is 6.52. The van der Waals surface area contributed by atoms with Crippen molar-refractivity contribution in [1.29, 1.82) is 0 Å². The van der Waals surface area contributed by atoms with Crippen molar-refractivity contribution in [3.05, 3.63) is 48.0 Å². The number of rotatable bonds is 9. The first-order valence-electron chi connectivity index (χ1n) is 9.35. The van der Waals surface area contributed by atoms with Gasteiger partial charge in [0.2, 0.25) is 0 Å². The zero-order valence-electron chi connectivity index (χ0n) is 16.5. The molecule has 29 heavy (non-hydrogen) atoms. The summed E-state index contributed by atoms with van der Waals surface area (Å²) in [6.45, 7) is 2.84. The van der Waals surface area contributed by atoms with E-state index >= 15 is 0 Å². The molecule has 154 valence electrons. The lowest BCUT2D eigenvalue weighted by molar-refractivity contribution is -0.143. The Morgan fingerprint density at radius 2 is 2.17 bits per heavy atom. The van der Waals surface area contributed by atoms with Gasteiger partial charge in [-0.05, 0) is 37.6 Å². The highest BCUT2D eigenvalue weighted by Gasteiger charge is 2.12. The quantitative estimate of drug-likeness (QED) is 0.435. The number of nitrogen functional groups attached to an aromatic ring is 1. The minimum Gasteiger partial charge on any atom is -0.493 e. The monoisotopic (exact) mass is 401 g/mol. The molecule has 1 aromatic carbocycles. The van der Waals surface area contributed by atoms with E-state index < -0.39 is 0 Å². The topological polar surface area (TPSA) is 95.0 Å². The maximum atomic E-state index is 13.8. The average Bonchev–Trinajstić information content (AvgIpc) is 3.07. The van der Waals surface area contributed by atoms with Crippen LogP contribution in [0.4, 0.5) is 15.9 Å². The van der Waals surface area contributed by atoms with Crippen LogP contribution in [0, 0.1) is 5.82 Å². The summed E-state index contributed by atoms with van der Waals surface area (Å²) in [6.07, 6.45) is 4.11. The number of benzene rings is 1. The number of carbonyl (C=O) groups excluding carboxylic acids is 1. The number of nitrogens with two attached hydrogens (primary N) is 1. The first-order valence-corrected chi connectivity index (χ1v) is 9.35. The van der Waals surface area contributed by atoms with Crippen LogP contribution in [-0.4, -0.2) is 40.8 Å². The minimum atomic E-state index is -0.351. The van der Waals surface area contributed by atoms with E-state index in [2.05, 4.69) is 10.1 Å². The van der Waals surface area contributed by atoms with Gasteiger partial charge in [0.15, 0.2) is 5.65 Å². The maximum absolute atomic E-state index is 13.8. The van der Waals surface area contributed by atoms with E-state index in [9.17, 15) is 9.18 Å². The smallest absolute Gasteiger partial charge is 0.305 e. The largest absolute Gasteiger partial charge is 0.493 e. The molecule has 0 amide bonds. The Hall–Kier alpha value is -3.36. The number of fused-ring (bicyclic) bond motifs is 1. The third kappa shape index (κ3) is 5.13. The standard InChI is InChI=1S/C20H24FN5O3/c1-3-28-19(27)5-4-10-29-17-7-6-15(21)11-14(17)13-25(2)18-8-9-26-20(24-18)16(22)12-23-26/h6-9,11-12H,3-5,10,13,22H2,1-2H3. The van der Waals surface area contributed by atoms with Crippen LogP contribution in [-0.2, 0) is 16.1 Å². The van der Waals surface area contributed by atoms with Crippen molar-refractivity contribution in [2.45, 2.75) is 26.3 Å². The molecule has 0 fully saturated rings. The van der Waals surface area contributed by atoms with Crippen LogP contribution in [0.25, 0.3) is 5.65 Å². The molecule has 2 N–H and O–H groups in total. The fourth-order valence-corrected chi connectivity index (χ4v) is 2.87. The maximum Gasteiger partial charge on any atom is 0.305 e. The molecule has 0 aliphatic carbocycles. The second-order valence-corrected chi connectivity index (χ2v) is 6.52. The number of anilines is 2. The van der Waals surface area contributed by atoms with Gasteiger partial charge in [-0.2, -0.15) is 5.10 Å². The molecule has 0 radical (unpaired) electrons. The Balaban J connectivity index is 1.68. The summed E-state index contributed by atoms with van der Waals surface area (Å²) in [5.74, 6) is 0.626. The molecule has 2 heterocycles. The van der Waals surface area contributed by atoms with Crippen molar-refractivity contribution in [2.24, 2.45) is 0 Å². The Kier molecular flexibility index (Phi) is 6.48. The highest BCUT2D eigenvalue weighted by molar-refractivity contribution is 5.69. The lowest BCUT2D eigenvalue weighted by Gasteiger charge is -2.20. The van der Waals surface area contributed by atoms with E-state index in [4.69, 9.17) is 15.2 Å². The molecule has 0 aliphatic heterocycles. The molecule has 2 aromatic heterocycles. The van der Waals surface area contributed by atoms with Crippen molar-refractivity contribution in [3.8, 4) is 5.75 Å². The number of aromatic nitrogens is 3. The molecule has 0 saturated carbocycles. The summed E-state index contributed by atoms with van der Waals surface area (Å²) in [4.78, 5) is 17.8. The normalized spacial score (nSPS) is 10.9. The average molecular weight is 401 g/mol. The summed E-state index contributed by atoms with van der Waals surface area (Å²) in [7, 11) is 1.85. The Bertz CT molecular complexity index is 991. The third-order valence-electron chi connectivity index (χ3n) is 4.29. The van der Waals surface area contributed by atoms with Gasteiger partial charge in [0.1, 0.15) is 17.4 Å². The van der Waals surface area contributed by atoms with Crippen molar-refractivity contribution in [2.75, 3.05) is 30.9 Å². The van der Waals surface area contributed by atoms with Crippen LogP contribution < -0.4 is 15.4 Å². The third-order valence-corrected chi connectivity index (χ3v) is 4.29. The van der Waals surface area contributed by atoms with Crippen molar-refractivity contribution >= 4 is 23.1 Å². The van der Waals surface area contributed by atoms with Crippen molar-refractivity contribution < 1.29 is 18.7 Å². The SMILES string of the molecule is CCOC(=O)CCCOc1ccc(F)cc1CN(C)c1ccn2ncc(N)c2n1. The number of hydrogen-bond donors (Lipinski definition) is 1. The molecule has 0 atom stereocenters. The van der Waals surface area contributed by atoms with Crippen LogP contribution in [0.2, 0.25) is 0 Å². The highest BCUT2D eigenvalue weighted by atomic mass is 19.1. The first-order chi connectivity index (χ1) is 14.0. The van der Waals surface area contributed by atoms with Gasteiger partial charge in [0.25, 0.3) is 0 Å². The molecule has 0 unspecified atom stereocenters. The number of carbonyl (C=O) groups is 1. The Labute approximate surface area is 168 Å². The van der Waals surface area contributed by atoms with E-state index in [0.29, 0.717) is 54.6 Å². The van der Waals surface area contributed by atoms with Gasteiger partial charge in [-0.15, -0.1) is 0 Å². The molecule has 0 bridgehead atoms. The van der Waals surface area contributed by atoms with E-state index in [1.54, 1.807) is 36.0 Å². The number of halogens is 1. The first kappa shape index (κ1) is 20.4. The van der Waals surface area contributed by atoms with Gasteiger partial charge >= 0.3 is 5.97 Å². The van der Waals surface area contributed by atoms with Crippen molar-refractivity contribution in [3.63, 3.8) is 0 Å². The van der Waals surface area contributed by atoms with Crippen LogP contribution in [0.15, 0.2) is 36.7 Å². The van der Waals surface area contributed by atoms with Crippen LogP contribution in [0.5, 0.6) is 5.75 Å². The predicted octanol–water partition coefficient (Wildman–Crippen LogP) is 2.81. The summed E-state index contributed by atoms with van der Waals surface area (Å²) in [5, 5.41) is 4.10. The zero-order valence-corrected chi connectivity index (χ0v) is 16.5. The molecular formula is C20H24FN5O3. The highest BCUT2D eigenvalue weighted by Crippen LogP contribution is 2.24. The second kappa shape index (κ2) is 9.22. The summed E-state index contributed by atoms with van der Waals surface area (Å²) in [5.41, 5.74) is 7.60. The molecule has 0 saturated heterocycles. The van der Waals surface area contributed by atoms with E-state index in [1.165, 1.54) is 12.1 Å². The van der Waals surface area contributed by atoms with E-state index in [-0.39, 0.29) is 18.2 Å². The number of hydrogen-bond acceptors (Lipinski definition) is 7. The molecule has 0 aliphatic rings. The van der Waals surface area contributed by atoms with Gasteiger partial charge in [0.05, 0.1) is 25.1 Å². The molecule has 0 spiro atoms. The lowest BCUT2D eigenvalue weighted by Crippen LogP contribution is -2.19. The molecule has 3 rings (SSSR count). The summed E-state index contributed by atoms with van der Waals surface area (Å²) in [6, 6.07) is 6.18. The van der Waals surface area contributed by atoms with E-state index in [1.807, 2.05) is 11.9 Å². The zero-order chi connectivity index (χ0) is 20.8. The molecule has 3 aromatic rings. The fourth-order valence-electron chi connectivity index (χ4n) is 2.87.